The molecule has 0 bridgehead atoms. The largest absolute Gasteiger partial charge is 0.325 e. The Bertz CT molecular complexity index is 540. The number of anilines is 1. The van der Waals surface area contributed by atoms with Gasteiger partial charge in [-0.2, -0.15) is 0 Å². The van der Waals surface area contributed by atoms with Crippen LogP contribution in [0.25, 0.3) is 0 Å². The van der Waals surface area contributed by atoms with Gasteiger partial charge in [-0.3, -0.25) is 4.79 Å². The third-order valence-corrected chi connectivity index (χ3v) is 2.77. The number of carbonyl (C=O) groups excluding carboxylic acids is 1. The number of nitrogens with zero attached hydrogens (tertiary/aromatic N) is 1. The Kier molecular flexibility index (Phi) is 4.64. The summed E-state index contributed by atoms with van der Waals surface area (Å²) in [6.45, 7) is 0.369. The van der Waals surface area contributed by atoms with Gasteiger partial charge in [0.15, 0.2) is 0 Å². The Morgan fingerprint density at radius 1 is 1.11 bits per heavy atom. The summed E-state index contributed by atoms with van der Waals surface area (Å²) in [7, 11) is 0. The van der Waals surface area contributed by atoms with E-state index in [4.69, 9.17) is 5.73 Å². The van der Waals surface area contributed by atoms with Crippen LogP contribution in [0.2, 0.25) is 0 Å². The van der Waals surface area contributed by atoms with Crippen molar-refractivity contribution in [2.45, 2.75) is 19.4 Å². The Labute approximate surface area is 112 Å². The standard InChI is InChI=1S/C15H17N3O/c16-11-13-7-4-8-14(17-13)18-15(19)10-9-12-5-2-1-3-6-12/h1-8H,9-11,16H2,(H,17,18,19). The van der Waals surface area contributed by atoms with Crippen molar-refractivity contribution in [3.8, 4) is 0 Å². The second-order valence-corrected chi connectivity index (χ2v) is 4.25. The fourth-order valence-corrected chi connectivity index (χ4v) is 1.77. The molecule has 0 radical (unpaired) electrons. The average molecular weight is 255 g/mol. The highest BCUT2D eigenvalue weighted by Crippen LogP contribution is 2.07. The molecule has 4 nitrogen and oxygen atoms in total. The van der Waals surface area contributed by atoms with E-state index in [9.17, 15) is 4.79 Å². The minimum absolute atomic E-state index is 0.0366. The van der Waals surface area contributed by atoms with Gasteiger partial charge in [-0.05, 0) is 24.1 Å². The number of nitrogens with two attached hydrogens (primary N) is 1. The summed E-state index contributed by atoms with van der Waals surface area (Å²) in [6, 6.07) is 15.4. The summed E-state index contributed by atoms with van der Waals surface area (Å²) in [4.78, 5) is 16.0. The molecule has 0 aliphatic heterocycles. The van der Waals surface area contributed by atoms with Crippen LogP contribution in [0.1, 0.15) is 17.7 Å². The Morgan fingerprint density at radius 2 is 1.89 bits per heavy atom. The summed E-state index contributed by atoms with van der Waals surface area (Å²) < 4.78 is 0. The van der Waals surface area contributed by atoms with Crippen molar-refractivity contribution in [1.29, 1.82) is 0 Å². The molecule has 0 aliphatic carbocycles. The number of nitrogens with one attached hydrogen (secondary N) is 1. The zero-order valence-corrected chi connectivity index (χ0v) is 10.7. The predicted molar refractivity (Wildman–Crippen MR) is 75.5 cm³/mol. The van der Waals surface area contributed by atoms with Gasteiger partial charge in [0, 0.05) is 13.0 Å². The van der Waals surface area contributed by atoms with Crippen molar-refractivity contribution >= 4 is 11.7 Å². The SMILES string of the molecule is NCc1cccc(NC(=O)CCc2ccccc2)n1. The van der Waals surface area contributed by atoms with Crippen LogP contribution >= 0.6 is 0 Å². The lowest BCUT2D eigenvalue weighted by molar-refractivity contribution is -0.116. The van der Waals surface area contributed by atoms with E-state index in [0.717, 1.165) is 17.7 Å². The van der Waals surface area contributed by atoms with Gasteiger partial charge in [-0.15, -0.1) is 0 Å². The number of hydrogen-bond donors (Lipinski definition) is 2. The molecule has 1 amide bonds. The van der Waals surface area contributed by atoms with E-state index in [1.165, 1.54) is 0 Å². The molecule has 1 aromatic heterocycles. The molecule has 1 heterocycles. The van der Waals surface area contributed by atoms with Gasteiger partial charge in [0.05, 0.1) is 5.69 Å². The van der Waals surface area contributed by atoms with E-state index >= 15 is 0 Å². The molecule has 0 unspecified atom stereocenters. The van der Waals surface area contributed by atoms with Crippen LogP contribution in [-0.4, -0.2) is 10.9 Å². The van der Waals surface area contributed by atoms with Crippen LogP contribution in [0.3, 0.4) is 0 Å². The predicted octanol–water partition coefficient (Wildman–Crippen LogP) is 2.11. The van der Waals surface area contributed by atoms with Crippen LogP contribution in [0.4, 0.5) is 5.82 Å². The van der Waals surface area contributed by atoms with Crippen molar-refractivity contribution in [1.82, 2.24) is 4.98 Å². The second-order valence-electron chi connectivity index (χ2n) is 4.25. The maximum Gasteiger partial charge on any atom is 0.225 e. The van der Waals surface area contributed by atoms with Crippen LogP contribution in [0, 0.1) is 0 Å². The van der Waals surface area contributed by atoms with Gasteiger partial charge in [0.1, 0.15) is 5.82 Å². The molecule has 19 heavy (non-hydrogen) atoms. The Balaban J connectivity index is 1.87. The van der Waals surface area contributed by atoms with Gasteiger partial charge in [0.2, 0.25) is 5.91 Å². The van der Waals surface area contributed by atoms with E-state index in [0.29, 0.717) is 18.8 Å². The number of benzene rings is 1. The Morgan fingerprint density at radius 3 is 2.63 bits per heavy atom. The fraction of sp³-hybridized carbons (Fsp3) is 0.200. The molecule has 2 rings (SSSR count). The quantitative estimate of drug-likeness (QED) is 0.859. The number of amides is 1. The molecular formula is C15H17N3O. The van der Waals surface area contributed by atoms with E-state index in [1.54, 1.807) is 6.07 Å². The van der Waals surface area contributed by atoms with Crippen LogP contribution in [0.15, 0.2) is 48.5 Å². The molecule has 0 spiro atoms. The maximum absolute atomic E-state index is 11.8. The summed E-state index contributed by atoms with van der Waals surface area (Å²) in [5.74, 6) is 0.520. The summed E-state index contributed by atoms with van der Waals surface area (Å²) >= 11 is 0. The highest BCUT2D eigenvalue weighted by atomic mass is 16.1. The van der Waals surface area contributed by atoms with Crippen LogP contribution in [0.5, 0.6) is 0 Å². The van der Waals surface area contributed by atoms with Crippen LogP contribution < -0.4 is 11.1 Å². The lowest BCUT2D eigenvalue weighted by atomic mass is 10.1. The number of aromatic nitrogens is 1. The van der Waals surface area contributed by atoms with Crippen molar-refractivity contribution < 1.29 is 4.79 Å². The first kappa shape index (κ1) is 13.2. The summed E-state index contributed by atoms with van der Waals surface area (Å²) in [5, 5.41) is 2.78. The highest BCUT2D eigenvalue weighted by Gasteiger charge is 2.04. The smallest absolute Gasteiger partial charge is 0.225 e. The first-order valence-corrected chi connectivity index (χ1v) is 6.27. The molecule has 3 N–H and O–H groups in total. The van der Waals surface area contributed by atoms with Gasteiger partial charge < -0.3 is 11.1 Å². The minimum atomic E-state index is -0.0366. The summed E-state index contributed by atoms with van der Waals surface area (Å²) in [5.41, 5.74) is 7.43. The zero-order valence-electron chi connectivity index (χ0n) is 10.7. The van der Waals surface area contributed by atoms with Crippen molar-refractivity contribution in [3.05, 3.63) is 59.8 Å². The van der Waals surface area contributed by atoms with E-state index in [1.807, 2.05) is 42.5 Å². The van der Waals surface area contributed by atoms with Gasteiger partial charge in [0.25, 0.3) is 0 Å². The van der Waals surface area contributed by atoms with Crippen molar-refractivity contribution in [3.63, 3.8) is 0 Å². The number of hydrogen-bond acceptors (Lipinski definition) is 3. The molecule has 2 aromatic rings. The number of carbonyl (C=O) groups is 1. The second kappa shape index (κ2) is 6.66. The first-order valence-electron chi connectivity index (χ1n) is 6.27. The number of aryl methyl sites for hydroxylation is 1. The molecule has 0 saturated heterocycles. The zero-order chi connectivity index (χ0) is 13.5. The number of pyridine rings is 1. The van der Waals surface area contributed by atoms with Crippen LogP contribution in [-0.2, 0) is 17.8 Å². The molecule has 0 atom stereocenters. The van der Waals surface area contributed by atoms with E-state index < -0.39 is 0 Å². The van der Waals surface area contributed by atoms with E-state index in [2.05, 4.69) is 10.3 Å². The monoisotopic (exact) mass is 255 g/mol. The molecule has 4 heteroatoms. The molecule has 0 fully saturated rings. The number of rotatable bonds is 5. The fourth-order valence-electron chi connectivity index (χ4n) is 1.77. The Hall–Kier alpha value is -2.20. The highest BCUT2D eigenvalue weighted by molar-refractivity contribution is 5.89. The lowest BCUT2D eigenvalue weighted by Crippen LogP contribution is -2.14. The van der Waals surface area contributed by atoms with Gasteiger partial charge in [-0.25, -0.2) is 4.98 Å². The summed E-state index contributed by atoms with van der Waals surface area (Å²) in [6.07, 6.45) is 1.17. The molecular weight excluding hydrogens is 238 g/mol. The topological polar surface area (TPSA) is 68.0 Å². The molecule has 1 aromatic carbocycles. The third-order valence-electron chi connectivity index (χ3n) is 2.77. The van der Waals surface area contributed by atoms with Crippen molar-refractivity contribution in [2.75, 3.05) is 5.32 Å². The minimum Gasteiger partial charge on any atom is -0.325 e. The lowest BCUT2D eigenvalue weighted by Gasteiger charge is -2.05. The van der Waals surface area contributed by atoms with Crippen molar-refractivity contribution in [2.24, 2.45) is 5.73 Å². The average Bonchev–Trinajstić information content (AvgIpc) is 2.46. The molecule has 0 aliphatic rings. The molecule has 0 saturated carbocycles. The van der Waals surface area contributed by atoms with Gasteiger partial charge in [-0.1, -0.05) is 36.4 Å². The first-order chi connectivity index (χ1) is 9.28. The third kappa shape index (κ3) is 4.19. The normalized spacial score (nSPS) is 10.2. The van der Waals surface area contributed by atoms with Gasteiger partial charge >= 0.3 is 0 Å². The van der Waals surface area contributed by atoms with E-state index in [-0.39, 0.29) is 5.91 Å². The maximum atomic E-state index is 11.8. The molecule has 98 valence electrons.